The molecule has 1 rings (SSSR count). The maximum absolute atomic E-state index is 11.7. The Hall–Kier alpha value is -0.940. The minimum absolute atomic E-state index is 0.263. The van der Waals surface area contributed by atoms with Crippen LogP contribution in [0.4, 0.5) is 0 Å². The fraction of sp³-hybridized carbons (Fsp3) is 0.444. The Kier molecular flexibility index (Phi) is 3.23. The van der Waals surface area contributed by atoms with Gasteiger partial charge < -0.3 is 0 Å². The maximum Gasteiger partial charge on any atom is 0.242 e. The molecule has 0 unspecified atom stereocenters. The lowest BCUT2D eigenvalue weighted by Crippen LogP contribution is -2.24. The molecule has 0 spiro atoms. The first-order valence-electron chi connectivity index (χ1n) is 4.40. The van der Waals surface area contributed by atoms with Gasteiger partial charge in [-0.1, -0.05) is 6.92 Å². The summed E-state index contributed by atoms with van der Waals surface area (Å²) in [5, 5.41) is 0. The molecule has 0 aromatic carbocycles. The van der Waals surface area contributed by atoms with Gasteiger partial charge in [0.25, 0.3) is 0 Å². The number of rotatable bonds is 3. The van der Waals surface area contributed by atoms with Crippen molar-refractivity contribution in [3.63, 3.8) is 0 Å². The van der Waals surface area contributed by atoms with Crippen molar-refractivity contribution in [2.45, 2.75) is 25.7 Å². The van der Waals surface area contributed by atoms with Crippen molar-refractivity contribution < 1.29 is 8.42 Å². The van der Waals surface area contributed by atoms with E-state index in [1.807, 2.05) is 6.92 Å². The number of nitrogens with one attached hydrogen (secondary N) is 1. The van der Waals surface area contributed by atoms with Crippen LogP contribution in [0.25, 0.3) is 0 Å². The Bertz CT molecular complexity index is 426. The van der Waals surface area contributed by atoms with Gasteiger partial charge in [-0.2, -0.15) is 0 Å². The van der Waals surface area contributed by atoms with E-state index in [0.29, 0.717) is 12.2 Å². The monoisotopic (exact) mass is 214 g/mol. The highest BCUT2D eigenvalue weighted by Gasteiger charge is 2.16. The molecule has 1 heterocycles. The fourth-order valence-electron chi connectivity index (χ4n) is 1.15. The molecule has 5 heteroatoms. The normalized spacial score (nSPS) is 11.6. The molecule has 0 aliphatic carbocycles. The summed E-state index contributed by atoms with van der Waals surface area (Å²) in [6, 6.07) is 1.63. The van der Waals surface area contributed by atoms with E-state index >= 15 is 0 Å². The van der Waals surface area contributed by atoms with Crippen LogP contribution in [0.15, 0.2) is 17.2 Å². The molecule has 1 aromatic rings. The van der Waals surface area contributed by atoms with Crippen molar-refractivity contribution in [2.24, 2.45) is 0 Å². The number of aryl methyl sites for hydroxylation is 2. The molecule has 0 aliphatic rings. The summed E-state index contributed by atoms with van der Waals surface area (Å²) < 4.78 is 25.7. The molecule has 0 aliphatic heterocycles. The molecule has 1 aromatic heterocycles. The minimum Gasteiger partial charge on any atom is -0.260 e. The van der Waals surface area contributed by atoms with Crippen LogP contribution in [-0.2, 0) is 10.0 Å². The van der Waals surface area contributed by atoms with Crippen molar-refractivity contribution in [1.29, 1.82) is 0 Å². The average molecular weight is 214 g/mol. The molecule has 0 atom stereocenters. The lowest BCUT2D eigenvalue weighted by atomic mass is 10.3. The lowest BCUT2D eigenvalue weighted by Gasteiger charge is -2.07. The number of sulfonamides is 1. The number of aromatic nitrogens is 1. The van der Waals surface area contributed by atoms with Crippen molar-refractivity contribution >= 4 is 10.0 Å². The summed E-state index contributed by atoms with van der Waals surface area (Å²) >= 11 is 0. The van der Waals surface area contributed by atoms with Crippen molar-refractivity contribution in [3.8, 4) is 0 Å². The van der Waals surface area contributed by atoms with Gasteiger partial charge in [0.1, 0.15) is 4.90 Å². The van der Waals surface area contributed by atoms with Crippen LogP contribution in [0.5, 0.6) is 0 Å². The van der Waals surface area contributed by atoms with E-state index in [-0.39, 0.29) is 4.90 Å². The lowest BCUT2D eigenvalue weighted by molar-refractivity contribution is 0.582. The van der Waals surface area contributed by atoms with E-state index in [2.05, 4.69) is 9.71 Å². The predicted octanol–water partition coefficient (Wildman–Crippen LogP) is 0.997. The van der Waals surface area contributed by atoms with Crippen LogP contribution in [0.3, 0.4) is 0 Å². The molecule has 4 nitrogen and oxygen atoms in total. The summed E-state index contributed by atoms with van der Waals surface area (Å²) in [6.07, 6.45) is 1.65. The molecule has 78 valence electrons. The summed E-state index contributed by atoms with van der Waals surface area (Å²) in [7, 11) is -3.38. The van der Waals surface area contributed by atoms with Crippen LogP contribution >= 0.6 is 0 Å². The van der Waals surface area contributed by atoms with Gasteiger partial charge in [-0.15, -0.1) is 0 Å². The molecular formula is C9H14N2O2S. The molecule has 0 saturated heterocycles. The van der Waals surface area contributed by atoms with Gasteiger partial charge in [0.05, 0.1) is 5.69 Å². The van der Waals surface area contributed by atoms with Crippen LogP contribution in [0, 0.1) is 13.8 Å². The third-order valence-corrected chi connectivity index (χ3v) is 3.46. The third-order valence-electron chi connectivity index (χ3n) is 1.80. The van der Waals surface area contributed by atoms with Gasteiger partial charge in [0.15, 0.2) is 0 Å². The van der Waals surface area contributed by atoms with E-state index in [9.17, 15) is 8.42 Å². The maximum atomic E-state index is 11.7. The summed E-state index contributed by atoms with van der Waals surface area (Å²) in [5.41, 5.74) is 1.36. The number of hydrogen-bond donors (Lipinski definition) is 1. The van der Waals surface area contributed by atoms with Crippen molar-refractivity contribution in [1.82, 2.24) is 9.71 Å². The van der Waals surface area contributed by atoms with Gasteiger partial charge >= 0.3 is 0 Å². The van der Waals surface area contributed by atoms with E-state index < -0.39 is 10.0 Å². The SMILES string of the molecule is CCNS(=O)(=O)c1cc(C)cnc1C. The molecule has 0 fully saturated rings. The number of pyridine rings is 1. The first kappa shape index (κ1) is 11.1. The highest BCUT2D eigenvalue weighted by Crippen LogP contribution is 2.13. The molecular weight excluding hydrogens is 200 g/mol. The first-order chi connectivity index (χ1) is 6.47. The Labute approximate surface area is 84.4 Å². The second-order valence-corrected chi connectivity index (χ2v) is 4.83. The van der Waals surface area contributed by atoms with Gasteiger partial charge in [0, 0.05) is 12.7 Å². The highest BCUT2D eigenvalue weighted by molar-refractivity contribution is 7.89. The zero-order chi connectivity index (χ0) is 10.8. The second-order valence-electron chi connectivity index (χ2n) is 3.10. The summed E-state index contributed by atoms with van der Waals surface area (Å²) in [4.78, 5) is 4.27. The molecule has 14 heavy (non-hydrogen) atoms. The first-order valence-corrected chi connectivity index (χ1v) is 5.88. The largest absolute Gasteiger partial charge is 0.260 e. The summed E-state index contributed by atoms with van der Waals surface area (Å²) in [6.45, 7) is 5.63. The number of hydrogen-bond acceptors (Lipinski definition) is 3. The quantitative estimate of drug-likeness (QED) is 0.816. The Morgan fingerprint density at radius 2 is 2.07 bits per heavy atom. The molecule has 0 amide bonds. The van der Waals surface area contributed by atoms with Crippen LogP contribution < -0.4 is 4.72 Å². The van der Waals surface area contributed by atoms with E-state index in [0.717, 1.165) is 5.56 Å². The third kappa shape index (κ3) is 2.30. The topological polar surface area (TPSA) is 59.1 Å². The van der Waals surface area contributed by atoms with Gasteiger partial charge in [-0.05, 0) is 25.5 Å². The zero-order valence-corrected chi connectivity index (χ0v) is 9.35. The minimum atomic E-state index is -3.38. The van der Waals surface area contributed by atoms with Crippen LogP contribution in [-0.4, -0.2) is 19.9 Å². The average Bonchev–Trinajstić information content (AvgIpc) is 2.09. The molecule has 1 N–H and O–H groups in total. The Morgan fingerprint density at radius 3 is 2.64 bits per heavy atom. The second kappa shape index (κ2) is 4.06. The Balaban J connectivity index is 3.25. The van der Waals surface area contributed by atoms with Crippen LogP contribution in [0.1, 0.15) is 18.2 Å². The fourth-order valence-corrected chi connectivity index (χ4v) is 2.47. The molecule has 0 bridgehead atoms. The van der Waals surface area contributed by atoms with Gasteiger partial charge in [-0.25, -0.2) is 13.1 Å². The number of nitrogens with zero attached hydrogens (tertiary/aromatic N) is 1. The zero-order valence-electron chi connectivity index (χ0n) is 8.53. The molecule has 0 radical (unpaired) electrons. The van der Waals surface area contributed by atoms with E-state index in [1.54, 1.807) is 26.1 Å². The predicted molar refractivity (Wildman–Crippen MR) is 54.6 cm³/mol. The van der Waals surface area contributed by atoms with Crippen molar-refractivity contribution in [2.75, 3.05) is 6.54 Å². The highest BCUT2D eigenvalue weighted by atomic mass is 32.2. The van der Waals surface area contributed by atoms with Gasteiger partial charge in [-0.3, -0.25) is 4.98 Å². The van der Waals surface area contributed by atoms with Crippen molar-refractivity contribution in [3.05, 3.63) is 23.5 Å². The van der Waals surface area contributed by atoms with Gasteiger partial charge in [0.2, 0.25) is 10.0 Å². The Morgan fingerprint density at radius 1 is 1.43 bits per heavy atom. The standard InChI is InChI=1S/C9H14N2O2S/c1-4-11-14(12,13)9-5-7(2)6-10-8(9)3/h5-6,11H,4H2,1-3H3. The smallest absolute Gasteiger partial charge is 0.242 e. The van der Waals surface area contributed by atoms with E-state index in [4.69, 9.17) is 0 Å². The summed E-state index contributed by atoms with van der Waals surface area (Å²) in [5.74, 6) is 0. The van der Waals surface area contributed by atoms with Crippen LogP contribution in [0.2, 0.25) is 0 Å². The molecule has 0 saturated carbocycles. The van der Waals surface area contributed by atoms with E-state index in [1.165, 1.54) is 0 Å².